The van der Waals surface area contributed by atoms with Gasteiger partial charge in [0.2, 0.25) is 5.91 Å². The molecule has 7 heteroatoms. The number of anilines is 2. The van der Waals surface area contributed by atoms with Gasteiger partial charge in [0, 0.05) is 18.3 Å². The van der Waals surface area contributed by atoms with Crippen molar-refractivity contribution in [1.29, 1.82) is 0 Å². The van der Waals surface area contributed by atoms with E-state index in [4.69, 9.17) is 4.74 Å². The minimum Gasteiger partial charge on any atom is -0.378 e. The molecule has 3 amide bonds. The number of hydrogen-bond acceptors (Lipinski definition) is 4. The van der Waals surface area contributed by atoms with Crippen molar-refractivity contribution in [3.05, 3.63) is 23.8 Å². The van der Waals surface area contributed by atoms with Crippen molar-refractivity contribution in [3.63, 3.8) is 0 Å². The molecular weight excluding hydrogens is 332 g/mol. The van der Waals surface area contributed by atoms with Crippen molar-refractivity contribution in [2.45, 2.75) is 45.2 Å². The minimum absolute atomic E-state index is 0.00747. The highest BCUT2D eigenvalue weighted by Gasteiger charge is 2.34. The number of amides is 3. The van der Waals surface area contributed by atoms with Crippen molar-refractivity contribution in [2.24, 2.45) is 0 Å². The number of piperidine rings is 1. The molecule has 0 unspecified atom stereocenters. The second-order valence-electron chi connectivity index (χ2n) is 7.12. The van der Waals surface area contributed by atoms with E-state index in [1.54, 1.807) is 6.07 Å². The fraction of sp³-hybridized carbons (Fsp3) is 0.579. The molecule has 142 valence electrons. The van der Waals surface area contributed by atoms with Crippen LogP contribution in [0.3, 0.4) is 0 Å². The second-order valence-corrected chi connectivity index (χ2v) is 7.12. The largest absolute Gasteiger partial charge is 0.378 e. The van der Waals surface area contributed by atoms with E-state index in [1.807, 2.05) is 19.1 Å². The van der Waals surface area contributed by atoms with Crippen LogP contribution in [0.2, 0.25) is 0 Å². The smallest absolute Gasteiger partial charge is 0.319 e. The molecule has 2 fully saturated rings. The zero-order valence-corrected chi connectivity index (χ0v) is 15.5. The van der Waals surface area contributed by atoms with Gasteiger partial charge in [0.05, 0.1) is 25.3 Å². The van der Waals surface area contributed by atoms with E-state index in [2.05, 4.69) is 20.9 Å². The molecule has 0 aliphatic carbocycles. The number of benzene rings is 1. The molecule has 0 spiro atoms. The van der Waals surface area contributed by atoms with Crippen molar-refractivity contribution in [2.75, 3.05) is 36.9 Å². The van der Waals surface area contributed by atoms with Gasteiger partial charge in [-0.1, -0.05) is 12.5 Å². The first-order valence-electron chi connectivity index (χ1n) is 9.30. The van der Waals surface area contributed by atoms with Gasteiger partial charge in [0.15, 0.2) is 0 Å². The topological polar surface area (TPSA) is 82.7 Å². The number of nitrogens with one attached hydrogen (secondary N) is 3. The molecule has 2 saturated heterocycles. The third kappa shape index (κ3) is 4.74. The molecule has 7 nitrogen and oxygen atoms in total. The maximum absolute atomic E-state index is 12.5. The molecule has 2 atom stereocenters. The van der Waals surface area contributed by atoms with E-state index in [9.17, 15) is 9.59 Å². The number of likely N-dealkylation sites (tertiary alicyclic amines) is 1. The second kappa shape index (κ2) is 8.51. The molecule has 26 heavy (non-hydrogen) atoms. The van der Waals surface area contributed by atoms with Crippen LogP contribution in [0.5, 0.6) is 0 Å². The van der Waals surface area contributed by atoms with Crippen molar-refractivity contribution < 1.29 is 14.3 Å². The van der Waals surface area contributed by atoms with E-state index < -0.39 is 0 Å². The van der Waals surface area contributed by atoms with Gasteiger partial charge in [-0.25, -0.2) is 4.79 Å². The summed E-state index contributed by atoms with van der Waals surface area (Å²) >= 11 is 0. The van der Waals surface area contributed by atoms with E-state index >= 15 is 0 Å². The summed E-state index contributed by atoms with van der Waals surface area (Å²) < 4.78 is 5.63. The van der Waals surface area contributed by atoms with Crippen LogP contribution in [0.25, 0.3) is 0 Å². The predicted octanol–water partition coefficient (Wildman–Crippen LogP) is 2.33. The molecule has 0 radical (unpaired) electrons. The van der Waals surface area contributed by atoms with Gasteiger partial charge in [-0.3, -0.25) is 9.69 Å². The van der Waals surface area contributed by atoms with Crippen LogP contribution in [-0.2, 0) is 9.53 Å². The van der Waals surface area contributed by atoms with E-state index in [0.717, 1.165) is 18.7 Å². The molecule has 1 aromatic carbocycles. The molecule has 0 bridgehead atoms. The number of aryl methyl sites for hydroxylation is 1. The average molecular weight is 360 g/mol. The van der Waals surface area contributed by atoms with E-state index in [-0.39, 0.29) is 24.0 Å². The van der Waals surface area contributed by atoms with E-state index in [0.29, 0.717) is 24.6 Å². The van der Waals surface area contributed by atoms with Crippen molar-refractivity contribution in [1.82, 2.24) is 10.2 Å². The first kappa shape index (κ1) is 18.7. The Morgan fingerprint density at radius 3 is 2.62 bits per heavy atom. The Morgan fingerprint density at radius 2 is 1.88 bits per heavy atom. The first-order chi connectivity index (χ1) is 12.5. The predicted molar refractivity (Wildman–Crippen MR) is 101 cm³/mol. The molecule has 1 aromatic rings. The molecule has 0 aromatic heterocycles. The first-order valence-corrected chi connectivity index (χ1v) is 9.30. The number of carbonyl (C=O) groups is 2. The summed E-state index contributed by atoms with van der Waals surface area (Å²) in [6.07, 6.45) is 3.71. The summed E-state index contributed by atoms with van der Waals surface area (Å²) in [4.78, 5) is 26.2. The number of ether oxygens (including phenoxy) is 1. The van der Waals surface area contributed by atoms with Crippen molar-refractivity contribution in [3.8, 4) is 0 Å². The lowest BCUT2D eigenvalue weighted by molar-refractivity contribution is -0.114. The quantitative estimate of drug-likeness (QED) is 0.770. The van der Waals surface area contributed by atoms with Crippen LogP contribution >= 0.6 is 0 Å². The Labute approximate surface area is 154 Å². The Morgan fingerprint density at radius 1 is 1.12 bits per heavy atom. The van der Waals surface area contributed by atoms with Gasteiger partial charge in [-0.15, -0.1) is 0 Å². The highest BCUT2D eigenvalue weighted by atomic mass is 16.5. The van der Waals surface area contributed by atoms with Gasteiger partial charge in [-0.05, 0) is 50.6 Å². The lowest BCUT2D eigenvalue weighted by atomic mass is 10.1. The van der Waals surface area contributed by atoms with Crippen LogP contribution in [-0.4, -0.2) is 55.2 Å². The summed E-state index contributed by atoms with van der Waals surface area (Å²) in [5.41, 5.74) is 2.28. The van der Waals surface area contributed by atoms with Gasteiger partial charge in [0.1, 0.15) is 0 Å². The fourth-order valence-electron chi connectivity index (χ4n) is 3.66. The number of carbonyl (C=O) groups excluding carboxylic acids is 2. The normalized spacial score (nSPS) is 23.5. The summed E-state index contributed by atoms with van der Waals surface area (Å²) in [5, 5.41) is 8.69. The third-order valence-corrected chi connectivity index (χ3v) is 5.03. The summed E-state index contributed by atoms with van der Waals surface area (Å²) in [7, 11) is 0. The van der Waals surface area contributed by atoms with Crippen molar-refractivity contribution >= 4 is 23.3 Å². The summed E-state index contributed by atoms with van der Waals surface area (Å²) in [6.45, 7) is 6.74. The highest BCUT2D eigenvalue weighted by molar-refractivity contribution is 5.93. The minimum atomic E-state index is -0.245. The molecule has 2 aliphatic rings. The number of urea groups is 1. The Bertz CT molecular complexity index is 658. The lowest BCUT2D eigenvalue weighted by Crippen LogP contribution is -2.53. The Kier molecular flexibility index (Phi) is 6.11. The van der Waals surface area contributed by atoms with Gasteiger partial charge < -0.3 is 20.7 Å². The fourth-order valence-corrected chi connectivity index (χ4v) is 3.66. The zero-order valence-electron chi connectivity index (χ0n) is 15.5. The van der Waals surface area contributed by atoms with Crippen LogP contribution in [0.1, 0.15) is 31.7 Å². The van der Waals surface area contributed by atoms with Crippen LogP contribution < -0.4 is 16.0 Å². The van der Waals surface area contributed by atoms with Gasteiger partial charge in [0.25, 0.3) is 0 Å². The van der Waals surface area contributed by atoms with Crippen LogP contribution in [0.15, 0.2) is 18.2 Å². The zero-order chi connectivity index (χ0) is 18.5. The molecule has 2 heterocycles. The monoisotopic (exact) mass is 360 g/mol. The number of hydrogen-bond donors (Lipinski definition) is 3. The molecule has 3 N–H and O–H groups in total. The van der Waals surface area contributed by atoms with Crippen LogP contribution in [0, 0.1) is 6.92 Å². The SMILES string of the molecule is CC(=O)Nc1ccc(C)c(NC(=O)N[C@H]2COC[C@@H]2N2CCCCC2)c1. The molecular formula is C19H28N4O3. The molecule has 3 rings (SSSR count). The van der Waals surface area contributed by atoms with Gasteiger partial charge in [-0.2, -0.15) is 0 Å². The maximum atomic E-state index is 12.5. The van der Waals surface area contributed by atoms with Crippen LogP contribution in [0.4, 0.5) is 16.2 Å². The summed E-state index contributed by atoms with van der Waals surface area (Å²) in [5.74, 6) is -0.142. The highest BCUT2D eigenvalue weighted by Crippen LogP contribution is 2.21. The summed E-state index contributed by atoms with van der Waals surface area (Å²) in [6, 6.07) is 5.45. The van der Waals surface area contributed by atoms with Gasteiger partial charge >= 0.3 is 6.03 Å². The Hall–Kier alpha value is -2.12. The standard InChI is InChI=1S/C19H28N4O3/c1-13-6-7-15(20-14(2)24)10-16(13)21-19(25)22-17-11-26-12-18(17)23-8-4-3-5-9-23/h6-7,10,17-18H,3-5,8-9,11-12H2,1-2H3,(H,20,24)(H2,21,22,25)/t17-,18-/m0/s1. The maximum Gasteiger partial charge on any atom is 0.319 e. The molecule has 0 saturated carbocycles. The lowest BCUT2D eigenvalue weighted by Gasteiger charge is -2.34. The number of nitrogens with zero attached hydrogens (tertiary/aromatic N) is 1. The number of rotatable bonds is 4. The average Bonchev–Trinajstić information content (AvgIpc) is 3.06. The Balaban J connectivity index is 1.60. The molecule has 2 aliphatic heterocycles. The van der Waals surface area contributed by atoms with E-state index in [1.165, 1.54) is 26.2 Å². The third-order valence-electron chi connectivity index (χ3n) is 5.03.